The van der Waals surface area contributed by atoms with Gasteiger partial charge in [-0.05, 0) is 48.6 Å². The number of aromatic hydroxyl groups is 2. The second kappa shape index (κ2) is 9.62. The van der Waals surface area contributed by atoms with Gasteiger partial charge in [-0.15, -0.1) is 0 Å². The van der Waals surface area contributed by atoms with Crippen molar-refractivity contribution in [2.75, 3.05) is 14.2 Å². The highest BCUT2D eigenvalue weighted by Crippen LogP contribution is 2.48. The minimum absolute atomic E-state index is 0.0206. The number of aldehydes is 2. The van der Waals surface area contributed by atoms with E-state index in [-0.39, 0.29) is 23.7 Å². The molecule has 2 aromatic carbocycles. The Morgan fingerprint density at radius 1 is 0.926 bits per heavy atom. The van der Waals surface area contributed by atoms with Gasteiger partial charge in [0.1, 0.15) is 18.3 Å². The Labute approximate surface area is 158 Å². The molecule has 6 heteroatoms. The van der Waals surface area contributed by atoms with E-state index in [1.54, 1.807) is 18.2 Å². The third-order valence-electron chi connectivity index (χ3n) is 4.39. The van der Waals surface area contributed by atoms with Crippen LogP contribution in [0.4, 0.5) is 0 Å². The first-order valence-corrected chi connectivity index (χ1v) is 8.73. The second-order valence-corrected chi connectivity index (χ2v) is 6.13. The average molecular weight is 372 g/mol. The second-order valence-electron chi connectivity index (χ2n) is 6.13. The number of methoxy groups -OCH3 is 2. The van der Waals surface area contributed by atoms with E-state index in [1.165, 1.54) is 20.3 Å². The number of hydrogen-bond acceptors (Lipinski definition) is 6. The minimum atomic E-state index is -0.0206. The highest BCUT2D eigenvalue weighted by Gasteiger charge is 2.22. The van der Waals surface area contributed by atoms with Crippen molar-refractivity contribution in [3.05, 3.63) is 35.4 Å². The van der Waals surface area contributed by atoms with Gasteiger partial charge in [-0.1, -0.05) is 6.07 Å². The highest BCUT2D eigenvalue weighted by atomic mass is 16.5. The quantitative estimate of drug-likeness (QED) is 0.490. The van der Waals surface area contributed by atoms with E-state index in [0.29, 0.717) is 41.7 Å². The summed E-state index contributed by atoms with van der Waals surface area (Å²) in [5, 5.41) is 20.9. The van der Waals surface area contributed by atoms with Crippen LogP contribution in [0.2, 0.25) is 0 Å². The number of benzene rings is 2. The SMILES string of the molecule is COc1c(-c2cc(CC=O)ccc2O)cc(CCCCC=O)c(O)c1OC. The van der Waals surface area contributed by atoms with Crippen molar-refractivity contribution >= 4 is 12.6 Å². The van der Waals surface area contributed by atoms with Crippen molar-refractivity contribution in [3.63, 3.8) is 0 Å². The van der Waals surface area contributed by atoms with Crippen LogP contribution < -0.4 is 9.47 Å². The Kier molecular flexibility index (Phi) is 7.23. The molecule has 0 aliphatic rings. The van der Waals surface area contributed by atoms with Gasteiger partial charge >= 0.3 is 0 Å². The lowest BCUT2D eigenvalue weighted by Crippen LogP contribution is -1.99. The standard InChI is InChI=1S/C21H24O6/c1-26-20-17(16-12-14(9-11-23)7-8-18(16)24)13-15(6-4-3-5-10-22)19(25)21(20)27-2/h7-8,10-13,24-25H,3-6,9H2,1-2H3. The predicted molar refractivity (Wildman–Crippen MR) is 102 cm³/mol. The minimum Gasteiger partial charge on any atom is -0.507 e. The summed E-state index contributed by atoms with van der Waals surface area (Å²) in [4.78, 5) is 21.3. The van der Waals surface area contributed by atoms with Crippen LogP contribution in [-0.2, 0) is 22.4 Å². The molecule has 6 nitrogen and oxygen atoms in total. The maximum Gasteiger partial charge on any atom is 0.203 e. The van der Waals surface area contributed by atoms with Gasteiger partial charge < -0.3 is 29.3 Å². The van der Waals surface area contributed by atoms with Crippen molar-refractivity contribution in [3.8, 4) is 34.1 Å². The molecule has 0 fully saturated rings. The zero-order valence-electron chi connectivity index (χ0n) is 15.5. The van der Waals surface area contributed by atoms with Crippen LogP contribution in [0.15, 0.2) is 24.3 Å². The molecule has 0 heterocycles. The van der Waals surface area contributed by atoms with Crippen LogP contribution in [0.1, 0.15) is 30.4 Å². The molecule has 2 N–H and O–H groups in total. The van der Waals surface area contributed by atoms with Crippen molar-refractivity contribution in [1.82, 2.24) is 0 Å². The van der Waals surface area contributed by atoms with Crippen LogP contribution in [0.25, 0.3) is 11.1 Å². The topological polar surface area (TPSA) is 93.1 Å². The average Bonchev–Trinajstić information content (AvgIpc) is 2.67. The van der Waals surface area contributed by atoms with E-state index < -0.39 is 0 Å². The fraction of sp³-hybridized carbons (Fsp3) is 0.333. The Balaban J connectivity index is 2.58. The van der Waals surface area contributed by atoms with E-state index in [9.17, 15) is 19.8 Å². The number of carbonyl (C=O) groups excluding carboxylic acids is 2. The summed E-state index contributed by atoms with van der Waals surface area (Å²) in [6, 6.07) is 6.67. The largest absolute Gasteiger partial charge is 0.507 e. The molecule has 0 amide bonds. The van der Waals surface area contributed by atoms with E-state index in [1.807, 2.05) is 0 Å². The maximum atomic E-state index is 10.8. The van der Waals surface area contributed by atoms with E-state index in [0.717, 1.165) is 24.6 Å². The summed E-state index contributed by atoms with van der Waals surface area (Å²) in [7, 11) is 2.89. The smallest absolute Gasteiger partial charge is 0.203 e. The number of rotatable bonds is 10. The van der Waals surface area contributed by atoms with Crippen molar-refractivity contribution < 1.29 is 29.3 Å². The first-order chi connectivity index (χ1) is 13.1. The summed E-state index contributed by atoms with van der Waals surface area (Å²) < 4.78 is 10.8. The lowest BCUT2D eigenvalue weighted by Gasteiger charge is -2.18. The number of phenolic OH excluding ortho intramolecular Hbond substituents is 2. The Bertz CT molecular complexity index is 813. The summed E-state index contributed by atoms with van der Waals surface area (Å²) in [6.45, 7) is 0. The Morgan fingerprint density at radius 3 is 2.30 bits per heavy atom. The molecular formula is C21H24O6. The molecule has 2 aromatic rings. The van der Waals surface area contributed by atoms with E-state index >= 15 is 0 Å². The first kappa shape index (κ1) is 20.3. The number of carbonyl (C=O) groups is 2. The van der Waals surface area contributed by atoms with Gasteiger partial charge in [-0.3, -0.25) is 0 Å². The predicted octanol–water partition coefficient (Wildman–Crippen LogP) is 3.44. The molecule has 27 heavy (non-hydrogen) atoms. The monoisotopic (exact) mass is 372 g/mol. The van der Waals surface area contributed by atoms with E-state index in [2.05, 4.69) is 0 Å². The number of unbranched alkanes of at least 4 members (excludes halogenated alkanes) is 2. The van der Waals surface area contributed by atoms with Crippen LogP contribution >= 0.6 is 0 Å². The molecule has 0 aromatic heterocycles. The normalized spacial score (nSPS) is 10.4. The number of aryl methyl sites for hydroxylation is 1. The molecule has 2 rings (SSSR count). The van der Waals surface area contributed by atoms with Crippen LogP contribution in [0.5, 0.6) is 23.0 Å². The van der Waals surface area contributed by atoms with Gasteiger partial charge in [-0.25, -0.2) is 0 Å². The molecule has 0 aliphatic heterocycles. The van der Waals surface area contributed by atoms with Crippen molar-refractivity contribution in [1.29, 1.82) is 0 Å². The Morgan fingerprint density at radius 2 is 1.67 bits per heavy atom. The molecule has 0 saturated carbocycles. The summed E-state index contributed by atoms with van der Waals surface area (Å²) in [5.74, 6) is 0.487. The first-order valence-electron chi connectivity index (χ1n) is 8.73. The van der Waals surface area contributed by atoms with Gasteiger partial charge in [0.05, 0.1) is 14.2 Å². The van der Waals surface area contributed by atoms with Crippen LogP contribution in [-0.4, -0.2) is 37.0 Å². The molecular weight excluding hydrogens is 348 g/mol. The van der Waals surface area contributed by atoms with Gasteiger partial charge in [0.25, 0.3) is 0 Å². The number of phenols is 2. The maximum absolute atomic E-state index is 10.8. The lowest BCUT2D eigenvalue weighted by molar-refractivity contribution is -0.108. The molecule has 0 atom stereocenters. The molecule has 0 saturated heterocycles. The van der Waals surface area contributed by atoms with Gasteiger partial charge in [0.15, 0.2) is 11.5 Å². The van der Waals surface area contributed by atoms with Crippen molar-refractivity contribution in [2.45, 2.75) is 32.1 Å². The van der Waals surface area contributed by atoms with Crippen LogP contribution in [0, 0.1) is 0 Å². The zero-order valence-corrected chi connectivity index (χ0v) is 15.5. The van der Waals surface area contributed by atoms with E-state index in [4.69, 9.17) is 9.47 Å². The molecule has 0 radical (unpaired) electrons. The number of hydrogen-bond donors (Lipinski definition) is 2. The molecule has 144 valence electrons. The van der Waals surface area contributed by atoms with Gasteiger partial charge in [0, 0.05) is 24.0 Å². The zero-order chi connectivity index (χ0) is 19.8. The van der Waals surface area contributed by atoms with Gasteiger partial charge in [-0.2, -0.15) is 0 Å². The number of ether oxygens (including phenoxy) is 2. The highest BCUT2D eigenvalue weighted by molar-refractivity contribution is 5.82. The van der Waals surface area contributed by atoms with Crippen LogP contribution in [0.3, 0.4) is 0 Å². The molecule has 0 bridgehead atoms. The molecule has 0 spiro atoms. The summed E-state index contributed by atoms with van der Waals surface area (Å²) in [6.07, 6.45) is 4.34. The lowest BCUT2D eigenvalue weighted by atomic mass is 9.95. The third-order valence-corrected chi connectivity index (χ3v) is 4.39. The van der Waals surface area contributed by atoms with Crippen molar-refractivity contribution in [2.24, 2.45) is 0 Å². The molecule has 0 aliphatic carbocycles. The summed E-state index contributed by atoms with van der Waals surface area (Å²) in [5.41, 5.74) is 2.43. The summed E-state index contributed by atoms with van der Waals surface area (Å²) >= 11 is 0. The fourth-order valence-electron chi connectivity index (χ4n) is 3.03. The fourth-order valence-corrected chi connectivity index (χ4v) is 3.03. The van der Waals surface area contributed by atoms with Gasteiger partial charge in [0.2, 0.25) is 5.75 Å². The Hall–Kier alpha value is -3.02. The molecule has 0 unspecified atom stereocenters. The third kappa shape index (κ3) is 4.58.